The van der Waals surface area contributed by atoms with Gasteiger partial charge < -0.3 is 4.90 Å². The lowest BCUT2D eigenvalue weighted by atomic mass is 9.88. The van der Waals surface area contributed by atoms with Gasteiger partial charge in [0.1, 0.15) is 0 Å². The summed E-state index contributed by atoms with van der Waals surface area (Å²) in [6, 6.07) is 0.954. The van der Waals surface area contributed by atoms with Crippen LogP contribution in [0.5, 0.6) is 0 Å². The summed E-state index contributed by atoms with van der Waals surface area (Å²) in [5, 5.41) is 0. The molecule has 0 aromatic rings. The third kappa shape index (κ3) is 2.07. The van der Waals surface area contributed by atoms with Gasteiger partial charge in [0.15, 0.2) is 0 Å². The van der Waals surface area contributed by atoms with E-state index in [0.717, 1.165) is 17.9 Å². The van der Waals surface area contributed by atoms with Gasteiger partial charge in [-0.25, -0.2) is 0 Å². The number of likely N-dealkylation sites (tertiary alicyclic amines) is 1. The van der Waals surface area contributed by atoms with Crippen LogP contribution in [0.3, 0.4) is 0 Å². The van der Waals surface area contributed by atoms with Crippen LogP contribution >= 0.6 is 0 Å². The first kappa shape index (κ1) is 9.51. The van der Waals surface area contributed by atoms with Crippen LogP contribution in [0.2, 0.25) is 0 Å². The molecule has 1 heteroatoms. The summed E-state index contributed by atoms with van der Waals surface area (Å²) in [5.74, 6) is 1.88. The van der Waals surface area contributed by atoms with E-state index in [1.54, 1.807) is 0 Å². The molecule has 0 unspecified atom stereocenters. The van der Waals surface area contributed by atoms with Crippen molar-refractivity contribution >= 4 is 0 Å². The van der Waals surface area contributed by atoms with Crippen molar-refractivity contribution in [2.45, 2.75) is 52.0 Å². The number of hydrogen-bond donors (Lipinski definition) is 0. The first-order chi connectivity index (χ1) is 6.27. The molecule has 0 radical (unpaired) electrons. The van der Waals surface area contributed by atoms with E-state index in [-0.39, 0.29) is 0 Å². The predicted molar refractivity (Wildman–Crippen MR) is 56.8 cm³/mol. The van der Waals surface area contributed by atoms with Crippen molar-refractivity contribution in [1.29, 1.82) is 0 Å². The number of hydrogen-bond acceptors (Lipinski definition) is 1. The summed E-state index contributed by atoms with van der Waals surface area (Å²) in [6.07, 6.45) is 7.33. The maximum atomic E-state index is 2.76. The molecule has 1 aliphatic carbocycles. The van der Waals surface area contributed by atoms with Crippen LogP contribution in [0.15, 0.2) is 0 Å². The standard InChI is InChI=1S/C12H23N/c1-10-7-8-13(9-11(10)2)12-5-3-4-6-12/h10-12H,3-9H2,1-2H3/t10-,11-/m1/s1. The molecule has 0 aromatic carbocycles. The van der Waals surface area contributed by atoms with Crippen molar-refractivity contribution in [3.63, 3.8) is 0 Å². The third-order valence-corrected chi connectivity index (χ3v) is 4.21. The van der Waals surface area contributed by atoms with Gasteiger partial charge in [0, 0.05) is 12.6 Å². The van der Waals surface area contributed by atoms with Crippen LogP contribution in [-0.4, -0.2) is 24.0 Å². The van der Waals surface area contributed by atoms with Crippen molar-refractivity contribution < 1.29 is 0 Å². The molecule has 2 rings (SSSR count). The largest absolute Gasteiger partial charge is 0.300 e. The first-order valence-corrected chi connectivity index (χ1v) is 6.01. The molecule has 1 nitrogen and oxygen atoms in total. The van der Waals surface area contributed by atoms with Crippen molar-refractivity contribution in [3.8, 4) is 0 Å². The lowest BCUT2D eigenvalue weighted by Gasteiger charge is -2.38. The lowest BCUT2D eigenvalue weighted by molar-refractivity contribution is 0.0977. The van der Waals surface area contributed by atoms with Crippen molar-refractivity contribution in [1.82, 2.24) is 4.90 Å². The van der Waals surface area contributed by atoms with Gasteiger partial charge in [0.25, 0.3) is 0 Å². The monoisotopic (exact) mass is 181 g/mol. The second-order valence-electron chi connectivity index (χ2n) is 5.18. The van der Waals surface area contributed by atoms with Crippen LogP contribution in [0.25, 0.3) is 0 Å². The SMILES string of the molecule is C[C@@H]1CCN(C2CCCC2)C[C@H]1C. The first-order valence-electron chi connectivity index (χ1n) is 6.01. The Bertz CT molecular complexity index is 161. The number of piperidine rings is 1. The molecule has 2 aliphatic rings. The van der Waals surface area contributed by atoms with E-state index in [0.29, 0.717) is 0 Å². The Hall–Kier alpha value is -0.0400. The maximum Gasteiger partial charge on any atom is 0.00953 e. The quantitative estimate of drug-likeness (QED) is 0.601. The molecule has 76 valence electrons. The van der Waals surface area contributed by atoms with Crippen LogP contribution in [-0.2, 0) is 0 Å². The second-order valence-corrected chi connectivity index (χ2v) is 5.18. The zero-order valence-electron chi connectivity index (χ0n) is 9.13. The highest BCUT2D eigenvalue weighted by atomic mass is 15.2. The van der Waals surface area contributed by atoms with Gasteiger partial charge in [-0.05, 0) is 37.6 Å². The maximum absolute atomic E-state index is 2.76. The van der Waals surface area contributed by atoms with Gasteiger partial charge >= 0.3 is 0 Å². The minimum atomic E-state index is 0.925. The Labute approximate surface area is 82.5 Å². The summed E-state index contributed by atoms with van der Waals surface area (Å²) in [7, 11) is 0. The van der Waals surface area contributed by atoms with Crippen molar-refractivity contribution in [2.24, 2.45) is 11.8 Å². The number of nitrogens with zero attached hydrogens (tertiary/aromatic N) is 1. The zero-order chi connectivity index (χ0) is 9.26. The molecule has 0 spiro atoms. The van der Waals surface area contributed by atoms with Crippen LogP contribution in [0.1, 0.15) is 46.0 Å². The molecule has 1 saturated heterocycles. The van der Waals surface area contributed by atoms with E-state index in [9.17, 15) is 0 Å². The predicted octanol–water partition coefficient (Wildman–Crippen LogP) is 2.91. The Kier molecular flexibility index (Phi) is 2.92. The van der Waals surface area contributed by atoms with E-state index < -0.39 is 0 Å². The van der Waals surface area contributed by atoms with E-state index >= 15 is 0 Å². The molecule has 0 bridgehead atoms. The van der Waals surface area contributed by atoms with Gasteiger partial charge in [-0.15, -0.1) is 0 Å². The molecule has 0 aromatic heterocycles. The molecule has 0 amide bonds. The topological polar surface area (TPSA) is 3.24 Å². The Morgan fingerprint density at radius 1 is 0.923 bits per heavy atom. The van der Waals surface area contributed by atoms with E-state index in [1.165, 1.54) is 45.2 Å². The number of rotatable bonds is 1. The second kappa shape index (κ2) is 4.00. The minimum absolute atomic E-state index is 0.925. The fourth-order valence-corrected chi connectivity index (χ4v) is 2.90. The van der Waals surface area contributed by atoms with E-state index in [1.807, 2.05) is 0 Å². The Morgan fingerprint density at radius 3 is 2.23 bits per heavy atom. The Balaban J connectivity index is 1.87. The van der Waals surface area contributed by atoms with Crippen LogP contribution in [0.4, 0.5) is 0 Å². The molecule has 2 atom stereocenters. The van der Waals surface area contributed by atoms with E-state index in [2.05, 4.69) is 18.7 Å². The summed E-state index contributed by atoms with van der Waals surface area (Å²) in [5.41, 5.74) is 0. The average molecular weight is 181 g/mol. The van der Waals surface area contributed by atoms with Crippen LogP contribution < -0.4 is 0 Å². The van der Waals surface area contributed by atoms with Gasteiger partial charge in [-0.3, -0.25) is 0 Å². The molecule has 0 N–H and O–H groups in total. The van der Waals surface area contributed by atoms with Crippen molar-refractivity contribution in [3.05, 3.63) is 0 Å². The fraction of sp³-hybridized carbons (Fsp3) is 1.00. The molecular formula is C12H23N. The average Bonchev–Trinajstić information content (AvgIpc) is 2.62. The molecular weight excluding hydrogens is 158 g/mol. The summed E-state index contributed by atoms with van der Waals surface area (Å²) >= 11 is 0. The van der Waals surface area contributed by atoms with Gasteiger partial charge in [-0.1, -0.05) is 26.7 Å². The highest BCUT2D eigenvalue weighted by Gasteiger charge is 2.28. The lowest BCUT2D eigenvalue weighted by Crippen LogP contribution is -2.43. The van der Waals surface area contributed by atoms with E-state index in [4.69, 9.17) is 0 Å². The summed E-state index contributed by atoms with van der Waals surface area (Å²) in [4.78, 5) is 2.76. The Morgan fingerprint density at radius 2 is 1.62 bits per heavy atom. The van der Waals surface area contributed by atoms with Crippen molar-refractivity contribution in [2.75, 3.05) is 13.1 Å². The normalized spacial score (nSPS) is 38.3. The zero-order valence-corrected chi connectivity index (χ0v) is 9.13. The fourth-order valence-electron chi connectivity index (χ4n) is 2.90. The highest BCUT2D eigenvalue weighted by molar-refractivity contribution is 4.83. The smallest absolute Gasteiger partial charge is 0.00953 e. The molecule has 13 heavy (non-hydrogen) atoms. The van der Waals surface area contributed by atoms with Crippen LogP contribution in [0, 0.1) is 11.8 Å². The van der Waals surface area contributed by atoms with Gasteiger partial charge in [0.05, 0.1) is 0 Å². The van der Waals surface area contributed by atoms with Gasteiger partial charge in [0.2, 0.25) is 0 Å². The summed E-state index contributed by atoms with van der Waals surface area (Å²) in [6.45, 7) is 7.57. The minimum Gasteiger partial charge on any atom is -0.300 e. The molecule has 1 saturated carbocycles. The van der Waals surface area contributed by atoms with Gasteiger partial charge in [-0.2, -0.15) is 0 Å². The summed E-state index contributed by atoms with van der Waals surface area (Å²) < 4.78 is 0. The molecule has 1 aliphatic heterocycles. The molecule has 1 heterocycles. The third-order valence-electron chi connectivity index (χ3n) is 4.21. The molecule has 2 fully saturated rings. The highest BCUT2D eigenvalue weighted by Crippen LogP contribution is 2.29.